The molecule has 2 aromatic rings. The van der Waals surface area contributed by atoms with Crippen LogP contribution in [0.15, 0.2) is 29.1 Å². The van der Waals surface area contributed by atoms with Crippen LogP contribution in [0.5, 0.6) is 0 Å². The van der Waals surface area contributed by atoms with Crippen molar-refractivity contribution < 1.29 is 14.3 Å². The number of nitrogens with zero attached hydrogens (tertiary/aromatic N) is 3. The Labute approximate surface area is 169 Å². The number of nitrogens with one attached hydrogen (secondary N) is 1. The number of para-hydroxylation sites is 1. The molecule has 0 spiro atoms. The van der Waals surface area contributed by atoms with Crippen LogP contribution in [0.3, 0.4) is 0 Å². The average Bonchev–Trinajstić information content (AvgIpc) is 2.64. The van der Waals surface area contributed by atoms with Gasteiger partial charge in [0.2, 0.25) is 5.91 Å². The van der Waals surface area contributed by atoms with Crippen LogP contribution in [0, 0.1) is 0 Å². The number of fused-ring (bicyclic) bond motifs is 1. The molecule has 0 radical (unpaired) electrons. The normalized spacial score (nSPS) is 17.4. The highest BCUT2D eigenvalue weighted by Crippen LogP contribution is 2.16. The molecule has 0 saturated carbocycles. The van der Waals surface area contributed by atoms with Gasteiger partial charge in [0.05, 0.1) is 10.9 Å². The van der Waals surface area contributed by atoms with Crippen LogP contribution in [0.2, 0.25) is 0 Å². The number of aromatic amines is 1. The lowest BCUT2D eigenvalue weighted by Gasteiger charge is -2.40. The molecule has 0 bridgehead atoms. The summed E-state index contributed by atoms with van der Waals surface area (Å²) in [5.41, 5.74) is -0.118. The molecule has 156 valence electrons. The van der Waals surface area contributed by atoms with E-state index in [2.05, 4.69) is 9.97 Å². The lowest BCUT2D eigenvalue weighted by atomic mass is 10.1. The zero-order valence-corrected chi connectivity index (χ0v) is 17.4. The number of amides is 2. The van der Waals surface area contributed by atoms with Crippen molar-refractivity contribution in [3.63, 3.8) is 0 Å². The van der Waals surface area contributed by atoms with Crippen LogP contribution in [0.4, 0.5) is 4.79 Å². The van der Waals surface area contributed by atoms with Crippen LogP contribution >= 0.6 is 0 Å². The zero-order chi connectivity index (χ0) is 21.2. The number of carbonyl (C=O) groups is 2. The second kappa shape index (κ2) is 8.23. The largest absolute Gasteiger partial charge is 0.444 e. The maximum Gasteiger partial charge on any atom is 0.410 e. The highest BCUT2D eigenvalue weighted by atomic mass is 16.6. The van der Waals surface area contributed by atoms with E-state index >= 15 is 0 Å². The summed E-state index contributed by atoms with van der Waals surface area (Å²) in [6, 6.07) is 7.03. The van der Waals surface area contributed by atoms with Gasteiger partial charge < -0.3 is 19.5 Å². The van der Waals surface area contributed by atoms with E-state index in [1.165, 1.54) is 0 Å². The molecule has 1 aliphatic heterocycles. The summed E-state index contributed by atoms with van der Waals surface area (Å²) in [7, 11) is 0. The lowest BCUT2D eigenvalue weighted by molar-refractivity contribution is -0.135. The number of hydrogen-bond donors (Lipinski definition) is 1. The Balaban J connectivity index is 1.58. The molecule has 3 rings (SSSR count). The van der Waals surface area contributed by atoms with Crippen molar-refractivity contribution in [3.05, 3.63) is 40.4 Å². The van der Waals surface area contributed by atoms with Gasteiger partial charge in [-0.15, -0.1) is 0 Å². The highest BCUT2D eigenvalue weighted by Gasteiger charge is 2.31. The topological polar surface area (TPSA) is 95.6 Å². The molecule has 1 unspecified atom stereocenters. The van der Waals surface area contributed by atoms with Gasteiger partial charge in [0.15, 0.2) is 0 Å². The molecule has 1 aliphatic rings. The second-order valence-electron chi connectivity index (χ2n) is 8.39. The van der Waals surface area contributed by atoms with Gasteiger partial charge >= 0.3 is 6.09 Å². The van der Waals surface area contributed by atoms with Crippen LogP contribution in [-0.2, 0) is 16.0 Å². The third kappa shape index (κ3) is 5.13. The minimum Gasteiger partial charge on any atom is -0.444 e. The maximum absolute atomic E-state index is 12.7. The average molecular weight is 400 g/mol. The first kappa shape index (κ1) is 20.8. The molecule has 0 aliphatic carbocycles. The number of piperazine rings is 1. The summed E-state index contributed by atoms with van der Waals surface area (Å²) < 4.78 is 5.41. The van der Waals surface area contributed by atoms with E-state index in [1.54, 1.807) is 28.0 Å². The summed E-state index contributed by atoms with van der Waals surface area (Å²) in [5, 5.41) is 0.537. The van der Waals surface area contributed by atoms with Crippen molar-refractivity contribution in [1.82, 2.24) is 19.8 Å². The van der Waals surface area contributed by atoms with Crippen molar-refractivity contribution in [1.29, 1.82) is 0 Å². The standard InChI is InChI=1S/C21H28N4O4/c1-14-13-24(20(28)29-21(2,3)4)11-12-25(14)18(26)10-9-17-22-16-8-6-5-7-15(16)19(27)23-17/h5-8,14H,9-13H2,1-4H3,(H,22,23,27). The van der Waals surface area contributed by atoms with Crippen molar-refractivity contribution >= 4 is 22.9 Å². The fourth-order valence-corrected chi connectivity index (χ4v) is 3.44. The van der Waals surface area contributed by atoms with E-state index in [9.17, 15) is 14.4 Å². The molecule has 1 aromatic carbocycles. The predicted molar refractivity (Wildman–Crippen MR) is 110 cm³/mol. The van der Waals surface area contributed by atoms with E-state index in [4.69, 9.17) is 4.74 Å². The third-order valence-corrected chi connectivity index (χ3v) is 4.84. The molecule has 1 saturated heterocycles. The Kier molecular flexibility index (Phi) is 5.91. The molecular formula is C21H28N4O4. The number of ether oxygens (including phenoxy) is 1. The van der Waals surface area contributed by atoms with Gasteiger partial charge in [-0.25, -0.2) is 9.78 Å². The van der Waals surface area contributed by atoms with Gasteiger partial charge in [-0.2, -0.15) is 0 Å². The monoisotopic (exact) mass is 400 g/mol. The van der Waals surface area contributed by atoms with Gasteiger partial charge in [0, 0.05) is 38.5 Å². The Morgan fingerprint density at radius 1 is 1.24 bits per heavy atom. The molecule has 2 amide bonds. The first-order valence-corrected chi connectivity index (χ1v) is 9.89. The van der Waals surface area contributed by atoms with E-state index < -0.39 is 5.60 Å². The van der Waals surface area contributed by atoms with Crippen LogP contribution < -0.4 is 5.56 Å². The number of benzene rings is 1. The Hall–Kier alpha value is -2.90. The van der Waals surface area contributed by atoms with Crippen molar-refractivity contribution in [3.8, 4) is 0 Å². The molecular weight excluding hydrogens is 372 g/mol. The number of aromatic nitrogens is 2. The number of aryl methyl sites for hydroxylation is 1. The molecule has 29 heavy (non-hydrogen) atoms. The van der Waals surface area contributed by atoms with Crippen molar-refractivity contribution in [2.75, 3.05) is 19.6 Å². The first-order chi connectivity index (χ1) is 13.6. The number of H-pyrrole nitrogens is 1. The second-order valence-corrected chi connectivity index (χ2v) is 8.39. The zero-order valence-electron chi connectivity index (χ0n) is 17.4. The first-order valence-electron chi connectivity index (χ1n) is 9.89. The molecule has 1 fully saturated rings. The van der Waals surface area contributed by atoms with Crippen LogP contribution in [0.25, 0.3) is 10.9 Å². The smallest absolute Gasteiger partial charge is 0.410 e. The van der Waals surface area contributed by atoms with Crippen LogP contribution in [0.1, 0.15) is 39.9 Å². The van der Waals surface area contributed by atoms with E-state index in [0.717, 1.165) is 0 Å². The van der Waals surface area contributed by atoms with Crippen molar-refractivity contribution in [2.24, 2.45) is 0 Å². The van der Waals surface area contributed by atoms with Gasteiger partial charge in [0.1, 0.15) is 11.4 Å². The van der Waals surface area contributed by atoms with Gasteiger partial charge in [-0.1, -0.05) is 12.1 Å². The summed E-state index contributed by atoms with van der Waals surface area (Å²) in [6.45, 7) is 8.75. The Morgan fingerprint density at radius 2 is 1.97 bits per heavy atom. The Bertz CT molecular complexity index is 963. The van der Waals surface area contributed by atoms with Gasteiger partial charge in [0.25, 0.3) is 5.56 Å². The Morgan fingerprint density at radius 3 is 2.66 bits per heavy atom. The summed E-state index contributed by atoms with van der Waals surface area (Å²) >= 11 is 0. The van der Waals surface area contributed by atoms with E-state index in [1.807, 2.05) is 33.8 Å². The predicted octanol–water partition coefficient (Wildman–Crippen LogP) is 2.32. The fourth-order valence-electron chi connectivity index (χ4n) is 3.44. The lowest BCUT2D eigenvalue weighted by Crippen LogP contribution is -2.56. The molecule has 1 N–H and O–H groups in total. The number of rotatable bonds is 3. The SMILES string of the molecule is CC1CN(C(=O)OC(C)(C)C)CCN1C(=O)CCc1nc2ccccc2c(=O)[nH]1. The summed E-state index contributed by atoms with van der Waals surface area (Å²) in [5.74, 6) is 0.485. The fraction of sp³-hybridized carbons (Fsp3) is 0.524. The van der Waals surface area contributed by atoms with E-state index in [-0.39, 0.29) is 30.0 Å². The molecule has 1 atom stereocenters. The molecule has 8 heteroatoms. The third-order valence-electron chi connectivity index (χ3n) is 4.84. The van der Waals surface area contributed by atoms with Gasteiger partial charge in [-0.05, 0) is 39.8 Å². The molecule has 8 nitrogen and oxygen atoms in total. The minimum absolute atomic E-state index is 0.0165. The van der Waals surface area contributed by atoms with Crippen LogP contribution in [-0.4, -0.2) is 63.0 Å². The molecule has 2 heterocycles. The summed E-state index contributed by atoms with van der Waals surface area (Å²) in [4.78, 5) is 47.7. The summed E-state index contributed by atoms with van der Waals surface area (Å²) in [6.07, 6.45) is 0.255. The van der Waals surface area contributed by atoms with Gasteiger partial charge in [-0.3, -0.25) is 9.59 Å². The minimum atomic E-state index is -0.545. The number of carbonyl (C=O) groups excluding carboxylic acids is 2. The number of hydrogen-bond acceptors (Lipinski definition) is 5. The van der Waals surface area contributed by atoms with E-state index in [0.29, 0.717) is 42.8 Å². The quantitative estimate of drug-likeness (QED) is 0.853. The maximum atomic E-state index is 12.7. The van der Waals surface area contributed by atoms with Crippen molar-refractivity contribution in [2.45, 2.75) is 52.2 Å². The highest BCUT2D eigenvalue weighted by molar-refractivity contribution is 5.78. The molecule has 1 aromatic heterocycles.